The van der Waals surface area contributed by atoms with Crippen LogP contribution in [0, 0.1) is 0 Å². The van der Waals surface area contributed by atoms with Crippen molar-refractivity contribution >= 4 is 58.0 Å². The molecule has 1 aliphatic rings. The first-order valence-electron chi connectivity index (χ1n) is 11.4. The number of nitrogens with one attached hydrogen (secondary N) is 1. The Morgan fingerprint density at radius 1 is 1.03 bits per heavy atom. The number of rotatable bonds is 5. The summed E-state index contributed by atoms with van der Waals surface area (Å²) in [5.41, 5.74) is 3.10. The minimum absolute atomic E-state index is 0.119. The topological polar surface area (TPSA) is 61.9 Å². The van der Waals surface area contributed by atoms with Crippen molar-refractivity contribution in [2.45, 2.75) is 18.6 Å². The van der Waals surface area contributed by atoms with Gasteiger partial charge in [0.05, 0.1) is 28.3 Å². The van der Waals surface area contributed by atoms with E-state index in [9.17, 15) is 9.59 Å². The Kier molecular flexibility index (Phi) is 8.23. The second-order valence-electron chi connectivity index (χ2n) is 8.83. The average molecular weight is 547 g/mol. The molecule has 0 saturated heterocycles. The zero-order valence-corrected chi connectivity index (χ0v) is 22.4. The van der Waals surface area contributed by atoms with Gasteiger partial charge in [-0.05, 0) is 68.5 Å². The molecule has 9 heteroatoms. The number of ether oxygens (including phenoxy) is 1. The maximum atomic E-state index is 13.7. The molecule has 0 aromatic heterocycles. The number of benzene rings is 3. The van der Waals surface area contributed by atoms with E-state index in [1.807, 2.05) is 32.3 Å². The number of methoxy groups -OCH3 is 1. The Balaban J connectivity index is 1.58. The van der Waals surface area contributed by atoms with Gasteiger partial charge in [0.1, 0.15) is 0 Å². The summed E-state index contributed by atoms with van der Waals surface area (Å²) in [7, 11) is 5.74. The summed E-state index contributed by atoms with van der Waals surface area (Å²) in [4.78, 5) is 30.3. The van der Waals surface area contributed by atoms with Crippen LogP contribution in [0.3, 0.4) is 0 Å². The van der Waals surface area contributed by atoms with Crippen LogP contribution in [-0.4, -0.2) is 50.6 Å². The van der Waals surface area contributed by atoms with E-state index < -0.39 is 5.91 Å². The predicted molar refractivity (Wildman–Crippen MR) is 146 cm³/mol. The number of carbonyl (C=O) groups excluding carboxylic acids is 2. The highest BCUT2D eigenvalue weighted by atomic mass is 35.5. The van der Waals surface area contributed by atoms with Crippen LogP contribution in [0.4, 0.5) is 11.4 Å². The molecule has 2 amide bonds. The lowest BCUT2D eigenvalue weighted by atomic mass is 10.00. The Bertz CT molecular complexity index is 1280. The van der Waals surface area contributed by atoms with E-state index in [0.717, 1.165) is 17.7 Å². The number of para-hydroxylation sites is 1. The summed E-state index contributed by atoms with van der Waals surface area (Å²) in [6, 6.07) is 17.7. The molecule has 2 atom stereocenters. The zero-order chi connectivity index (χ0) is 26.0. The maximum Gasteiger partial charge on any atom is 0.258 e. The van der Waals surface area contributed by atoms with Gasteiger partial charge in [0.15, 0.2) is 0 Å². The predicted octanol–water partition coefficient (Wildman–Crippen LogP) is 6.57. The molecule has 4 rings (SSSR count). The lowest BCUT2D eigenvalue weighted by molar-refractivity contribution is 0.0743. The van der Waals surface area contributed by atoms with Crippen molar-refractivity contribution in [1.29, 1.82) is 0 Å². The molecule has 0 bridgehead atoms. The number of fused-ring (bicyclic) bond motifs is 1. The highest BCUT2D eigenvalue weighted by Crippen LogP contribution is 2.37. The molecule has 2 unspecified atom stereocenters. The van der Waals surface area contributed by atoms with Crippen molar-refractivity contribution in [3.63, 3.8) is 0 Å². The summed E-state index contributed by atoms with van der Waals surface area (Å²) >= 11 is 18.2. The molecule has 36 heavy (non-hydrogen) atoms. The van der Waals surface area contributed by atoms with E-state index in [4.69, 9.17) is 39.5 Å². The molecular weight excluding hydrogens is 521 g/mol. The van der Waals surface area contributed by atoms with Crippen LogP contribution < -0.4 is 10.2 Å². The second-order valence-corrected chi connectivity index (χ2v) is 10.0. The third kappa shape index (κ3) is 5.53. The number of nitrogens with zero attached hydrogens (tertiary/aromatic N) is 2. The van der Waals surface area contributed by atoms with Crippen molar-refractivity contribution < 1.29 is 14.3 Å². The first kappa shape index (κ1) is 26.5. The fourth-order valence-corrected chi connectivity index (χ4v) is 5.08. The largest absolute Gasteiger partial charge is 0.380 e. The monoisotopic (exact) mass is 545 g/mol. The zero-order valence-electron chi connectivity index (χ0n) is 20.1. The molecular formula is C27H26Cl3N3O3. The molecule has 188 valence electrons. The molecule has 3 aromatic rings. The van der Waals surface area contributed by atoms with Crippen LogP contribution in [0.1, 0.15) is 38.7 Å². The quantitative estimate of drug-likeness (QED) is 0.368. The standard InChI is InChI=1S/C27H26Cl3N3O3/c1-32(2)24-14-19(36-3)15-33(23-7-5-4-6-20(23)24)27(35)16-8-10-18(11-9-16)31-26(34)21-12-17(28)13-22(29)25(21)30/h4-13,19,24H,14-15H2,1-3H3,(H,31,34). The molecule has 1 aliphatic heterocycles. The summed E-state index contributed by atoms with van der Waals surface area (Å²) in [6.07, 6.45) is 0.646. The summed E-state index contributed by atoms with van der Waals surface area (Å²) in [5.74, 6) is -0.603. The van der Waals surface area contributed by atoms with Gasteiger partial charge in [-0.25, -0.2) is 0 Å². The second kappa shape index (κ2) is 11.2. The van der Waals surface area contributed by atoms with Crippen molar-refractivity contribution in [2.24, 2.45) is 0 Å². The van der Waals surface area contributed by atoms with Crippen molar-refractivity contribution in [2.75, 3.05) is 38.0 Å². The van der Waals surface area contributed by atoms with Crippen LogP contribution in [0.15, 0.2) is 60.7 Å². The van der Waals surface area contributed by atoms with Crippen molar-refractivity contribution in [3.05, 3.63) is 92.4 Å². The maximum absolute atomic E-state index is 13.7. The molecule has 3 aromatic carbocycles. The van der Waals surface area contributed by atoms with Crippen LogP contribution >= 0.6 is 34.8 Å². The Hall–Kier alpha value is -2.61. The normalized spacial score (nSPS) is 17.5. The van der Waals surface area contributed by atoms with E-state index >= 15 is 0 Å². The van der Waals surface area contributed by atoms with Crippen LogP contribution in [0.5, 0.6) is 0 Å². The minimum atomic E-state index is -0.456. The number of halogens is 3. The van der Waals surface area contributed by atoms with Gasteiger partial charge in [-0.15, -0.1) is 0 Å². The molecule has 1 N–H and O–H groups in total. The average Bonchev–Trinajstić information content (AvgIpc) is 3.03. The molecule has 6 nitrogen and oxygen atoms in total. The lowest BCUT2D eigenvalue weighted by Crippen LogP contribution is -2.37. The highest BCUT2D eigenvalue weighted by molar-refractivity contribution is 6.45. The number of anilines is 2. The summed E-state index contributed by atoms with van der Waals surface area (Å²) in [6.45, 7) is 0.434. The molecule has 0 fully saturated rings. The molecule has 1 heterocycles. The minimum Gasteiger partial charge on any atom is -0.380 e. The van der Waals surface area contributed by atoms with Crippen molar-refractivity contribution in [1.82, 2.24) is 4.90 Å². The van der Waals surface area contributed by atoms with Crippen molar-refractivity contribution in [3.8, 4) is 0 Å². The van der Waals surface area contributed by atoms with E-state index in [-0.39, 0.29) is 33.7 Å². The lowest BCUT2D eigenvalue weighted by Gasteiger charge is -2.26. The first-order chi connectivity index (χ1) is 17.2. The van der Waals surface area contributed by atoms with Crippen LogP contribution in [-0.2, 0) is 4.74 Å². The van der Waals surface area contributed by atoms with E-state index in [2.05, 4.69) is 16.3 Å². The van der Waals surface area contributed by atoms with Crippen LogP contribution in [0.25, 0.3) is 0 Å². The third-order valence-electron chi connectivity index (χ3n) is 6.29. The van der Waals surface area contributed by atoms with Gasteiger partial charge in [-0.2, -0.15) is 0 Å². The number of amides is 2. The highest BCUT2D eigenvalue weighted by Gasteiger charge is 2.32. The van der Waals surface area contributed by atoms with Gasteiger partial charge in [-0.3, -0.25) is 9.59 Å². The van der Waals surface area contributed by atoms with E-state index in [0.29, 0.717) is 22.8 Å². The fraction of sp³-hybridized carbons (Fsp3) is 0.259. The van der Waals surface area contributed by atoms with Gasteiger partial charge in [0, 0.05) is 35.1 Å². The SMILES string of the molecule is COC1CC(N(C)C)c2ccccc2N(C(=O)c2ccc(NC(=O)c3cc(Cl)cc(Cl)c3Cl)cc2)C1. The smallest absolute Gasteiger partial charge is 0.258 e. The fourth-order valence-electron chi connectivity index (χ4n) is 4.39. The van der Waals surface area contributed by atoms with Gasteiger partial charge in [0.25, 0.3) is 11.8 Å². The van der Waals surface area contributed by atoms with Gasteiger partial charge in [0.2, 0.25) is 0 Å². The molecule has 0 saturated carbocycles. The van der Waals surface area contributed by atoms with Gasteiger partial charge >= 0.3 is 0 Å². The molecule has 0 aliphatic carbocycles. The number of hydrogen-bond donors (Lipinski definition) is 1. The Morgan fingerprint density at radius 2 is 1.72 bits per heavy atom. The van der Waals surface area contributed by atoms with Gasteiger partial charge in [-0.1, -0.05) is 53.0 Å². The first-order valence-corrected chi connectivity index (χ1v) is 12.5. The van der Waals surface area contributed by atoms with Crippen LogP contribution in [0.2, 0.25) is 15.1 Å². The third-order valence-corrected chi connectivity index (χ3v) is 7.31. The summed E-state index contributed by atoms with van der Waals surface area (Å²) in [5, 5.41) is 3.39. The number of hydrogen-bond acceptors (Lipinski definition) is 4. The molecule has 0 radical (unpaired) electrons. The van der Waals surface area contributed by atoms with E-state index in [1.165, 1.54) is 12.1 Å². The van der Waals surface area contributed by atoms with Gasteiger partial charge < -0.3 is 19.9 Å². The Labute approximate surface area is 225 Å². The summed E-state index contributed by atoms with van der Waals surface area (Å²) < 4.78 is 5.73. The Morgan fingerprint density at radius 3 is 2.39 bits per heavy atom. The number of carbonyl (C=O) groups is 2. The van der Waals surface area contributed by atoms with E-state index in [1.54, 1.807) is 36.3 Å². The molecule has 0 spiro atoms.